The lowest BCUT2D eigenvalue weighted by Gasteiger charge is -2.09. The Hall–Kier alpha value is -2.76. The summed E-state index contributed by atoms with van der Waals surface area (Å²) >= 11 is 0. The Morgan fingerprint density at radius 3 is 2.86 bits per heavy atom. The highest BCUT2D eigenvalue weighted by Gasteiger charge is 2.27. The van der Waals surface area contributed by atoms with Crippen LogP contribution in [0.5, 0.6) is 0 Å². The van der Waals surface area contributed by atoms with E-state index in [1.807, 2.05) is 37.3 Å². The van der Waals surface area contributed by atoms with Crippen molar-refractivity contribution in [2.45, 2.75) is 13.3 Å². The van der Waals surface area contributed by atoms with Gasteiger partial charge in [-0.15, -0.1) is 0 Å². The standard InChI is InChI=1S/C16H17N3O3/c1-2-17-16-18-14(15(20)19-16)12(13-9-21-10-22-13)8-11-6-4-3-5-7-11/h3-7,9H,2,8,10H2,1H3,(H2,17,18,19,20). The highest BCUT2D eigenvalue weighted by molar-refractivity contribution is 6.12. The summed E-state index contributed by atoms with van der Waals surface area (Å²) in [5, 5.41) is 5.72. The molecule has 114 valence electrons. The van der Waals surface area contributed by atoms with E-state index in [1.165, 1.54) is 6.26 Å². The smallest absolute Gasteiger partial charge is 0.277 e. The molecule has 2 N–H and O–H groups in total. The van der Waals surface area contributed by atoms with E-state index in [2.05, 4.69) is 15.6 Å². The van der Waals surface area contributed by atoms with Gasteiger partial charge in [-0.05, 0) is 12.5 Å². The normalized spacial score (nSPS) is 18.9. The van der Waals surface area contributed by atoms with Gasteiger partial charge in [0, 0.05) is 18.5 Å². The van der Waals surface area contributed by atoms with Crippen molar-refractivity contribution < 1.29 is 14.3 Å². The van der Waals surface area contributed by atoms with Gasteiger partial charge in [-0.25, -0.2) is 4.99 Å². The van der Waals surface area contributed by atoms with Crippen LogP contribution in [-0.4, -0.2) is 25.2 Å². The van der Waals surface area contributed by atoms with Crippen LogP contribution in [0.15, 0.2) is 58.6 Å². The maximum Gasteiger partial charge on any atom is 0.277 e. The summed E-state index contributed by atoms with van der Waals surface area (Å²) in [6.45, 7) is 2.78. The largest absolute Gasteiger partial charge is 0.461 e. The van der Waals surface area contributed by atoms with Crippen LogP contribution in [0.4, 0.5) is 0 Å². The monoisotopic (exact) mass is 299 g/mol. The molecule has 1 aromatic rings. The van der Waals surface area contributed by atoms with Crippen molar-refractivity contribution in [3.05, 3.63) is 59.2 Å². The SMILES string of the molecule is CCNC1=NC(=C(Cc2ccccc2)C2=COCO2)C(=O)N1. The van der Waals surface area contributed by atoms with E-state index in [1.54, 1.807) is 0 Å². The molecule has 0 fully saturated rings. The summed E-state index contributed by atoms with van der Waals surface area (Å²) < 4.78 is 10.6. The summed E-state index contributed by atoms with van der Waals surface area (Å²) in [5.41, 5.74) is 2.15. The maximum absolute atomic E-state index is 12.2. The van der Waals surface area contributed by atoms with Crippen LogP contribution in [0, 0.1) is 0 Å². The van der Waals surface area contributed by atoms with Gasteiger partial charge in [-0.3, -0.25) is 10.1 Å². The minimum Gasteiger partial charge on any atom is -0.461 e. The number of amides is 1. The Labute approximate surface area is 128 Å². The minimum absolute atomic E-state index is 0.159. The second kappa shape index (κ2) is 6.34. The van der Waals surface area contributed by atoms with Crippen LogP contribution in [0.1, 0.15) is 12.5 Å². The quantitative estimate of drug-likeness (QED) is 0.825. The van der Waals surface area contributed by atoms with Crippen molar-refractivity contribution in [2.24, 2.45) is 4.99 Å². The van der Waals surface area contributed by atoms with Gasteiger partial charge in [-0.2, -0.15) is 0 Å². The van der Waals surface area contributed by atoms with Crippen molar-refractivity contribution in [2.75, 3.05) is 13.3 Å². The maximum atomic E-state index is 12.2. The van der Waals surface area contributed by atoms with Gasteiger partial charge in [0.05, 0.1) is 0 Å². The second-order valence-electron chi connectivity index (χ2n) is 4.85. The summed E-state index contributed by atoms with van der Waals surface area (Å²) in [5.74, 6) is 0.779. The Balaban J connectivity index is 1.98. The molecule has 0 saturated carbocycles. The molecular formula is C16H17N3O3. The third-order valence-electron chi connectivity index (χ3n) is 3.29. The highest BCUT2D eigenvalue weighted by Crippen LogP contribution is 2.26. The molecule has 0 saturated heterocycles. The molecule has 22 heavy (non-hydrogen) atoms. The molecule has 1 amide bonds. The number of aliphatic imine (C=N–C) groups is 1. The second-order valence-corrected chi connectivity index (χ2v) is 4.85. The fourth-order valence-corrected chi connectivity index (χ4v) is 2.30. The summed E-state index contributed by atoms with van der Waals surface area (Å²) in [7, 11) is 0. The van der Waals surface area contributed by atoms with Crippen molar-refractivity contribution in [3.63, 3.8) is 0 Å². The zero-order valence-electron chi connectivity index (χ0n) is 12.3. The predicted molar refractivity (Wildman–Crippen MR) is 81.5 cm³/mol. The molecule has 0 radical (unpaired) electrons. The molecule has 1 aromatic carbocycles. The van der Waals surface area contributed by atoms with Crippen LogP contribution in [0.3, 0.4) is 0 Å². The number of nitrogens with one attached hydrogen (secondary N) is 2. The average Bonchev–Trinajstić information content (AvgIpc) is 3.16. The van der Waals surface area contributed by atoms with Gasteiger partial charge in [0.25, 0.3) is 5.91 Å². The van der Waals surface area contributed by atoms with Crippen LogP contribution in [-0.2, 0) is 20.7 Å². The summed E-state index contributed by atoms with van der Waals surface area (Å²) in [4.78, 5) is 16.5. The topological polar surface area (TPSA) is 72.0 Å². The fraction of sp³-hybridized carbons (Fsp3) is 0.250. The number of hydrogen-bond acceptors (Lipinski definition) is 5. The number of allylic oxidation sites excluding steroid dienone is 1. The van der Waals surface area contributed by atoms with Gasteiger partial charge < -0.3 is 14.8 Å². The first-order chi connectivity index (χ1) is 10.8. The predicted octanol–water partition coefficient (Wildman–Crippen LogP) is 1.42. The minimum atomic E-state index is -0.238. The third-order valence-corrected chi connectivity index (χ3v) is 3.29. The van der Waals surface area contributed by atoms with Crippen molar-refractivity contribution in [1.82, 2.24) is 10.6 Å². The zero-order chi connectivity index (χ0) is 15.4. The van der Waals surface area contributed by atoms with Gasteiger partial charge in [0.2, 0.25) is 12.8 Å². The molecule has 2 aliphatic rings. The molecule has 2 heterocycles. The molecule has 6 nitrogen and oxygen atoms in total. The van der Waals surface area contributed by atoms with E-state index in [0.29, 0.717) is 36.0 Å². The summed E-state index contributed by atoms with van der Waals surface area (Å²) in [6.07, 6.45) is 2.07. The third kappa shape index (κ3) is 2.95. The molecule has 0 unspecified atom stereocenters. The number of benzene rings is 1. The van der Waals surface area contributed by atoms with Gasteiger partial charge in [-0.1, -0.05) is 30.3 Å². The lowest BCUT2D eigenvalue weighted by Crippen LogP contribution is -2.35. The molecule has 2 aliphatic heterocycles. The van der Waals surface area contributed by atoms with Crippen LogP contribution in [0.2, 0.25) is 0 Å². The van der Waals surface area contributed by atoms with Gasteiger partial charge >= 0.3 is 0 Å². The van der Waals surface area contributed by atoms with Crippen LogP contribution in [0.25, 0.3) is 0 Å². The molecule has 0 aromatic heterocycles. The van der Waals surface area contributed by atoms with Crippen LogP contribution < -0.4 is 10.6 Å². The average molecular weight is 299 g/mol. The first kappa shape index (κ1) is 14.2. The Morgan fingerprint density at radius 1 is 1.36 bits per heavy atom. The lowest BCUT2D eigenvalue weighted by molar-refractivity contribution is -0.115. The Morgan fingerprint density at radius 2 is 2.18 bits per heavy atom. The Bertz CT molecular complexity index is 662. The van der Waals surface area contributed by atoms with E-state index in [0.717, 1.165) is 5.56 Å². The van der Waals surface area contributed by atoms with Crippen molar-refractivity contribution in [1.29, 1.82) is 0 Å². The zero-order valence-corrected chi connectivity index (χ0v) is 12.3. The van der Waals surface area contributed by atoms with Gasteiger partial charge in [0.1, 0.15) is 12.0 Å². The molecule has 0 spiro atoms. The number of guanidine groups is 1. The van der Waals surface area contributed by atoms with E-state index < -0.39 is 0 Å². The molecule has 0 atom stereocenters. The molecule has 0 aliphatic carbocycles. The molecule has 6 heteroatoms. The number of ether oxygens (including phenoxy) is 2. The van der Waals surface area contributed by atoms with E-state index in [-0.39, 0.29) is 12.7 Å². The number of rotatable bonds is 4. The first-order valence-corrected chi connectivity index (χ1v) is 7.14. The number of nitrogens with zero attached hydrogens (tertiary/aromatic N) is 1. The van der Waals surface area contributed by atoms with Crippen molar-refractivity contribution in [3.8, 4) is 0 Å². The van der Waals surface area contributed by atoms with E-state index >= 15 is 0 Å². The molecule has 3 rings (SSSR count). The van der Waals surface area contributed by atoms with E-state index in [9.17, 15) is 4.79 Å². The summed E-state index contributed by atoms with van der Waals surface area (Å²) in [6, 6.07) is 9.87. The fourth-order valence-electron chi connectivity index (χ4n) is 2.30. The van der Waals surface area contributed by atoms with E-state index in [4.69, 9.17) is 9.47 Å². The van der Waals surface area contributed by atoms with Crippen LogP contribution >= 0.6 is 0 Å². The Kier molecular flexibility index (Phi) is 4.09. The number of carbonyl (C=O) groups excluding carboxylic acids is 1. The number of carbonyl (C=O) groups is 1. The highest BCUT2D eigenvalue weighted by atomic mass is 16.7. The molecule has 0 bridgehead atoms. The van der Waals surface area contributed by atoms with Gasteiger partial charge in [0.15, 0.2) is 5.76 Å². The van der Waals surface area contributed by atoms with Crippen molar-refractivity contribution >= 4 is 11.9 Å². The number of hydrogen-bond donors (Lipinski definition) is 2. The lowest BCUT2D eigenvalue weighted by atomic mass is 10.0. The first-order valence-electron chi connectivity index (χ1n) is 7.14. The molecular weight excluding hydrogens is 282 g/mol.